The normalized spacial score (nSPS) is 10.5. The molecule has 0 spiro atoms. The number of aryl methyl sites for hydroxylation is 1. The van der Waals surface area contributed by atoms with Gasteiger partial charge in [-0.05, 0) is 24.1 Å². The number of hydrogen-bond donors (Lipinski definition) is 0. The van der Waals surface area contributed by atoms with Gasteiger partial charge < -0.3 is 4.42 Å². The molecule has 0 saturated heterocycles. The van der Waals surface area contributed by atoms with Gasteiger partial charge in [-0.15, -0.1) is 0 Å². The van der Waals surface area contributed by atoms with E-state index in [4.69, 9.17) is 4.42 Å². The van der Waals surface area contributed by atoms with Gasteiger partial charge in [0.2, 0.25) is 0 Å². The van der Waals surface area contributed by atoms with Crippen LogP contribution in [-0.2, 0) is 6.42 Å². The van der Waals surface area contributed by atoms with Crippen LogP contribution in [0.2, 0.25) is 0 Å². The predicted octanol–water partition coefficient (Wildman–Crippen LogP) is 4.93. The molecule has 0 unspecified atom stereocenters. The third-order valence-corrected chi connectivity index (χ3v) is 2.37. The van der Waals surface area contributed by atoms with Gasteiger partial charge in [0.05, 0.1) is 0 Å². The van der Waals surface area contributed by atoms with Crippen LogP contribution in [0.15, 0.2) is 22.6 Å². The van der Waals surface area contributed by atoms with Crippen molar-refractivity contribution >= 4 is 11.1 Å². The Bertz CT molecular complexity index is 457. The molecule has 0 aliphatic carbocycles. The lowest BCUT2D eigenvalue weighted by atomic mass is 10.1. The Morgan fingerprint density at radius 3 is 2.35 bits per heavy atom. The summed E-state index contributed by atoms with van der Waals surface area (Å²) in [6, 6.07) is 6.22. The first-order chi connectivity index (χ1) is 8.12. The van der Waals surface area contributed by atoms with Crippen LogP contribution in [0.5, 0.6) is 0 Å². The molecule has 2 heteroatoms. The second-order valence-electron chi connectivity index (χ2n) is 4.57. The topological polar surface area (TPSA) is 26.0 Å². The van der Waals surface area contributed by atoms with Crippen molar-refractivity contribution in [2.24, 2.45) is 0 Å². The van der Waals surface area contributed by atoms with Gasteiger partial charge in [-0.3, -0.25) is 0 Å². The maximum Gasteiger partial charge on any atom is 0.198 e. The molecule has 0 amide bonds. The zero-order valence-corrected chi connectivity index (χ0v) is 11.6. The smallest absolute Gasteiger partial charge is 0.198 e. The van der Waals surface area contributed by atoms with E-state index in [1.165, 1.54) is 12.0 Å². The van der Waals surface area contributed by atoms with Gasteiger partial charge in [-0.1, -0.05) is 47.1 Å². The molecule has 2 rings (SSSR count). The molecule has 0 fully saturated rings. The molecule has 1 aromatic carbocycles. The van der Waals surface area contributed by atoms with Crippen molar-refractivity contribution in [3.63, 3.8) is 0 Å². The van der Waals surface area contributed by atoms with Crippen molar-refractivity contribution in [3.05, 3.63) is 29.7 Å². The molecule has 2 nitrogen and oxygen atoms in total. The van der Waals surface area contributed by atoms with Crippen molar-refractivity contribution in [3.8, 4) is 0 Å². The minimum atomic E-state index is 0.354. The molecular weight excluding hydrogens is 210 g/mol. The second kappa shape index (κ2) is 6.43. The molecule has 0 aliphatic rings. The number of nitrogens with zero attached hydrogens (tertiary/aromatic N) is 1. The van der Waals surface area contributed by atoms with Gasteiger partial charge in [0.15, 0.2) is 11.5 Å². The number of hydrogen-bond acceptors (Lipinski definition) is 2. The summed E-state index contributed by atoms with van der Waals surface area (Å²) in [5, 5.41) is 0. The highest BCUT2D eigenvalue weighted by Crippen LogP contribution is 2.22. The lowest BCUT2D eigenvalue weighted by Crippen LogP contribution is -1.84. The Morgan fingerprint density at radius 2 is 1.82 bits per heavy atom. The number of fused-ring (bicyclic) bond motifs is 1. The van der Waals surface area contributed by atoms with Crippen molar-refractivity contribution in [1.29, 1.82) is 0 Å². The molecule has 0 N–H and O–H groups in total. The van der Waals surface area contributed by atoms with E-state index in [1.807, 2.05) is 6.07 Å². The molecule has 17 heavy (non-hydrogen) atoms. The Labute approximate surface area is 104 Å². The van der Waals surface area contributed by atoms with E-state index in [0.717, 1.165) is 23.4 Å². The Kier molecular flexibility index (Phi) is 5.20. The largest absolute Gasteiger partial charge is 0.440 e. The highest BCUT2D eigenvalue weighted by molar-refractivity contribution is 5.73. The van der Waals surface area contributed by atoms with E-state index < -0.39 is 0 Å². The average Bonchev–Trinajstić information content (AvgIpc) is 2.72. The van der Waals surface area contributed by atoms with Crippen molar-refractivity contribution in [2.75, 3.05) is 0 Å². The minimum absolute atomic E-state index is 0.354. The number of rotatable bonds is 2. The summed E-state index contributed by atoms with van der Waals surface area (Å²) < 4.78 is 5.66. The Morgan fingerprint density at radius 1 is 1.18 bits per heavy atom. The number of benzene rings is 1. The van der Waals surface area contributed by atoms with Crippen molar-refractivity contribution in [2.45, 2.75) is 53.4 Å². The van der Waals surface area contributed by atoms with Crippen molar-refractivity contribution in [1.82, 2.24) is 4.98 Å². The maximum absolute atomic E-state index is 5.66. The predicted molar refractivity (Wildman–Crippen MR) is 73.4 cm³/mol. The zero-order chi connectivity index (χ0) is 12.8. The van der Waals surface area contributed by atoms with E-state index in [-0.39, 0.29) is 0 Å². The SMILES string of the molecule is CCC.CCc1ccc2nc(C(C)C)oc2c1. The highest BCUT2D eigenvalue weighted by atomic mass is 16.3. The summed E-state index contributed by atoms with van der Waals surface area (Å²) in [6.45, 7) is 10.6. The number of aromatic nitrogens is 1. The first kappa shape index (κ1) is 13.8. The Hall–Kier alpha value is -1.31. The first-order valence-electron chi connectivity index (χ1n) is 6.51. The molecular formula is C15H23NO. The quantitative estimate of drug-likeness (QED) is 0.735. The van der Waals surface area contributed by atoms with Crippen LogP contribution >= 0.6 is 0 Å². The molecule has 94 valence electrons. The number of oxazole rings is 1. The van der Waals surface area contributed by atoms with Crippen LogP contribution in [0, 0.1) is 0 Å². The van der Waals surface area contributed by atoms with Gasteiger partial charge in [-0.2, -0.15) is 0 Å². The summed E-state index contributed by atoms with van der Waals surface area (Å²) in [4.78, 5) is 4.42. The van der Waals surface area contributed by atoms with Crippen LogP contribution in [-0.4, -0.2) is 4.98 Å². The lowest BCUT2D eigenvalue weighted by Gasteiger charge is -1.94. The molecule has 1 aromatic heterocycles. The van der Waals surface area contributed by atoms with Crippen LogP contribution in [0.4, 0.5) is 0 Å². The van der Waals surface area contributed by atoms with Crippen LogP contribution < -0.4 is 0 Å². The first-order valence-corrected chi connectivity index (χ1v) is 6.51. The highest BCUT2D eigenvalue weighted by Gasteiger charge is 2.08. The fourth-order valence-electron chi connectivity index (χ4n) is 1.45. The van der Waals surface area contributed by atoms with Gasteiger partial charge in [0.25, 0.3) is 0 Å². The molecule has 0 aliphatic heterocycles. The molecule has 0 atom stereocenters. The van der Waals surface area contributed by atoms with Gasteiger partial charge in [0.1, 0.15) is 5.52 Å². The fraction of sp³-hybridized carbons (Fsp3) is 0.533. The van der Waals surface area contributed by atoms with Crippen molar-refractivity contribution < 1.29 is 4.42 Å². The Balaban J connectivity index is 0.000000437. The summed E-state index contributed by atoms with van der Waals surface area (Å²) in [6.07, 6.45) is 2.29. The zero-order valence-electron chi connectivity index (χ0n) is 11.6. The summed E-state index contributed by atoms with van der Waals surface area (Å²) in [5.74, 6) is 1.18. The summed E-state index contributed by atoms with van der Waals surface area (Å²) in [5.41, 5.74) is 3.17. The molecule has 2 aromatic rings. The maximum atomic E-state index is 5.66. The molecule has 0 bridgehead atoms. The summed E-state index contributed by atoms with van der Waals surface area (Å²) >= 11 is 0. The average molecular weight is 233 g/mol. The molecule has 0 saturated carbocycles. The van der Waals surface area contributed by atoms with E-state index >= 15 is 0 Å². The van der Waals surface area contributed by atoms with Crippen LogP contribution in [0.3, 0.4) is 0 Å². The third kappa shape index (κ3) is 3.58. The second-order valence-corrected chi connectivity index (χ2v) is 4.57. The van der Waals surface area contributed by atoms with E-state index in [2.05, 4.69) is 51.7 Å². The van der Waals surface area contributed by atoms with E-state index in [0.29, 0.717) is 5.92 Å². The summed E-state index contributed by atoms with van der Waals surface area (Å²) in [7, 11) is 0. The van der Waals surface area contributed by atoms with Gasteiger partial charge in [-0.25, -0.2) is 4.98 Å². The fourth-order valence-corrected chi connectivity index (χ4v) is 1.45. The van der Waals surface area contributed by atoms with E-state index in [1.54, 1.807) is 0 Å². The monoisotopic (exact) mass is 233 g/mol. The standard InChI is InChI=1S/C12H15NO.C3H8/c1-4-9-5-6-10-11(7-9)14-12(13-10)8(2)3;1-3-2/h5-8H,4H2,1-3H3;3H2,1-2H3. The molecule has 0 radical (unpaired) electrons. The minimum Gasteiger partial charge on any atom is -0.440 e. The lowest BCUT2D eigenvalue weighted by molar-refractivity contribution is 0.501. The third-order valence-electron chi connectivity index (χ3n) is 2.37. The van der Waals surface area contributed by atoms with Crippen LogP contribution in [0.25, 0.3) is 11.1 Å². The van der Waals surface area contributed by atoms with E-state index in [9.17, 15) is 0 Å². The van der Waals surface area contributed by atoms with Gasteiger partial charge in [0, 0.05) is 5.92 Å². The van der Waals surface area contributed by atoms with Gasteiger partial charge >= 0.3 is 0 Å². The van der Waals surface area contributed by atoms with Crippen LogP contribution in [0.1, 0.15) is 58.4 Å². The molecule has 1 heterocycles.